The van der Waals surface area contributed by atoms with Crippen molar-refractivity contribution in [3.63, 3.8) is 0 Å². The zero-order valence-electron chi connectivity index (χ0n) is 6.58. The number of rotatable bonds is 2. The number of nitrogens with one attached hydrogen (secondary N) is 1. The SMILES string of the molecule is CC(C)(F)C1(CN)CNC1. The van der Waals surface area contributed by atoms with Gasteiger partial charge in [-0.2, -0.15) is 0 Å². The van der Waals surface area contributed by atoms with E-state index in [1.54, 1.807) is 13.8 Å². The second-order valence-electron chi connectivity index (χ2n) is 3.56. The van der Waals surface area contributed by atoms with Gasteiger partial charge in [0.1, 0.15) is 5.67 Å². The highest BCUT2D eigenvalue weighted by Crippen LogP contribution is 2.36. The second-order valence-corrected chi connectivity index (χ2v) is 3.56. The van der Waals surface area contributed by atoms with Gasteiger partial charge < -0.3 is 11.1 Å². The summed E-state index contributed by atoms with van der Waals surface area (Å²) in [7, 11) is 0. The third kappa shape index (κ3) is 0.935. The van der Waals surface area contributed by atoms with E-state index >= 15 is 0 Å². The maximum Gasteiger partial charge on any atom is 0.114 e. The summed E-state index contributed by atoms with van der Waals surface area (Å²) in [6.07, 6.45) is 0. The van der Waals surface area contributed by atoms with E-state index in [1.165, 1.54) is 0 Å². The first-order chi connectivity index (χ1) is 4.52. The predicted octanol–water partition coefficient (Wildman–Crippen LogP) is 0.283. The van der Waals surface area contributed by atoms with Crippen molar-refractivity contribution in [3.05, 3.63) is 0 Å². The molecule has 1 aliphatic heterocycles. The largest absolute Gasteiger partial charge is 0.330 e. The third-order valence-electron chi connectivity index (χ3n) is 2.58. The van der Waals surface area contributed by atoms with Gasteiger partial charge in [-0.25, -0.2) is 4.39 Å². The minimum absolute atomic E-state index is 0.299. The van der Waals surface area contributed by atoms with E-state index < -0.39 is 5.67 Å². The Morgan fingerprint density at radius 1 is 1.60 bits per heavy atom. The molecule has 1 fully saturated rings. The van der Waals surface area contributed by atoms with Crippen LogP contribution in [-0.4, -0.2) is 25.3 Å². The maximum absolute atomic E-state index is 13.4. The van der Waals surface area contributed by atoms with Crippen molar-refractivity contribution in [3.8, 4) is 0 Å². The smallest absolute Gasteiger partial charge is 0.114 e. The van der Waals surface area contributed by atoms with Crippen LogP contribution in [0, 0.1) is 5.41 Å². The number of nitrogens with two attached hydrogens (primary N) is 1. The number of hydrogen-bond donors (Lipinski definition) is 2. The molecule has 0 saturated carbocycles. The van der Waals surface area contributed by atoms with Crippen molar-refractivity contribution in [1.82, 2.24) is 5.32 Å². The highest BCUT2D eigenvalue weighted by Gasteiger charge is 2.49. The summed E-state index contributed by atoms with van der Waals surface area (Å²) in [5, 5.41) is 3.04. The molecule has 2 nitrogen and oxygen atoms in total. The normalized spacial score (nSPS) is 24.0. The fraction of sp³-hybridized carbons (Fsp3) is 1.00. The fourth-order valence-electron chi connectivity index (χ4n) is 1.23. The molecule has 60 valence electrons. The highest BCUT2D eigenvalue weighted by molar-refractivity contribution is 5.03. The summed E-state index contributed by atoms with van der Waals surface area (Å²) in [4.78, 5) is 0. The van der Waals surface area contributed by atoms with Crippen molar-refractivity contribution >= 4 is 0 Å². The van der Waals surface area contributed by atoms with Crippen molar-refractivity contribution in [2.24, 2.45) is 11.1 Å². The zero-order chi connectivity index (χ0) is 7.83. The molecule has 3 N–H and O–H groups in total. The summed E-state index contributed by atoms with van der Waals surface area (Å²) in [5.74, 6) is 0. The Balaban J connectivity index is 2.65. The van der Waals surface area contributed by atoms with Crippen molar-refractivity contribution in [2.45, 2.75) is 19.5 Å². The van der Waals surface area contributed by atoms with Crippen LogP contribution < -0.4 is 11.1 Å². The summed E-state index contributed by atoms with van der Waals surface area (Å²) in [6.45, 7) is 5.06. The van der Waals surface area contributed by atoms with Crippen LogP contribution in [0.5, 0.6) is 0 Å². The van der Waals surface area contributed by atoms with E-state index in [4.69, 9.17) is 5.73 Å². The molecule has 0 aliphatic carbocycles. The molecule has 0 atom stereocenters. The summed E-state index contributed by atoms with van der Waals surface area (Å²) in [6, 6.07) is 0. The molecule has 0 amide bonds. The Morgan fingerprint density at radius 3 is 2.10 bits per heavy atom. The summed E-state index contributed by atoms with van der Waals surface area (Å²) in [5.41, 5.74) is 4.03. The van der Waals surface area contributed by atoms with Crippen LogP contribution in [0.4, 0.5) is 4.39 Å². The number of halogens is 1. The van der Waals surface area contributed by atoms with Crippen LogP contribution in [0.1, 0.15) is 13.8 Å². The maximum atomic E-state index is 13.4. The third-order valence-corrected chi connectivity index (χ3v) is 2.58. The number of alkyl halides is 1. The van der Waals surface area contributed by atoms with Gasteiger partial charge in [-0.3, -0.25) is 0 Å². The van der Waals surface area contributed by atoms with Crippen molar-refractivity contribution in [1.29, 1.82) is 0 Å². The minimum atomic E-state index is -1.15. The van der Waals surface area contributed by atoms with Crippen LogP contribution in [0.25, 0.3) is 0 Å². The van der Waals surface area contributed by atoms with Gasteiger partial charge >= 0.3 is 0 Å². The highest BCUT2D eigenvalue weighted by atomic mass is 19.1. The van der Waals surface area contributed by atoms with Crippen LogP contribution in [0.3, 0.4) is 0 Å². The first kappa shape index (κ1) is 7.95. The first-order valence-corrected chi connectivity index (χ1v) is 3.61. The van der Waals surface area contributed by atoms with E-state index in [0.29, 0.717) is 19.6 Å². The molecule has 0 unspecified atom stereocenters. The second kappa shape index (κ2) is 2.17. The van der Waals surface area contributed by atoms with Gasteiger partial charge in [0, 0.05) is 25.0 Å². The lowest BCUT2D eigenvalue weighted by atomic mass is 9.70. The molecule has 0 aromatic rings. The Hall–Kier alpha value is -0.150. The van der Waals surface area contributed by atoms with Gasteiger partial charge in [0.15, 0.2) is 0 Å². The van der Waals surface area contributed by atoms with Crippen molar-refractivity contribution < 1.29 is 4.39 Å². The van der Waals surface area contributed by atoms with E-state index in [-0.39, 0.29) is 5.41 Å². The standard InChI is InChI=1S/C7H15FN2/c1-6(2,8)7(3-9)4-10-5-7/h10H,3-5,9H2,1-2H3. The van der Waals surface area contributed by atoms with Gasteiger partial charge in [-0.1, -0.05) is 0 Å². The van der Waals surface area contributed by atoms with Crippen LogP contribution >= 0.6 is 0 Å². The van der Waals surface area contributed by atoms with Crippen LogP contribution in [0.15, 0.2) is 0 Å². The quantitative estimate of drug-likeness (QED) is 0.587. The van der Waals surface area contributed by atoms with E-state index in [1.807, 2.05) is 0 Å². The molecule has 1 aliphatic rings. The molecular formula is C7H15FN2. The van der Waals surface area contributed by atoms with E-state index in [0.717, 1.165) is 0 Å². The number of hydrogen-bond acceptors (Lipinski definition) is 2. The molecule has 1 rings (SSSR count). The predicted molar refractivity (Wildman–Crippen MR) is 39.5 cm³/mol. The van der Waals surface area contributed by atoms with Crippen LogP contribution in [0.2, 0.25) is 0 Å². The van der Waals surface area contributed by atoms with E-state index in [2.05, 4.69) is 5.32 Å². The van der Waals surface area contributed by atoms with E-state index in [9.17, 15) is 4.39 Å². The van der Waals surface area contributed by atoms with Gasteiger partial charge in [0.05, 0.1) is 0 Å². The van der Waals surface area contributed by atoms with Crippen LogP contribution in [-0.2, 0) is 0 Å². The van der Waals surface area contributed by atoms with Gasteiger partial charge in [0.25, 0.3) is 0 Å². The summed E-state index contributed by atoms with van der Waals surface area (Å²) < 4.78 is 13.4. The topological polar surface area (TPSA) is 38.0 Å². The molecule has 0 aromatic heterocycles. The van der Waals surface area contributed by atoms with Gasteiger partial charge in [0.2, 0.25) is 0 Å². The fourth-order valence-corrected chi connectivity index (χ4v) is 1.23. The Labute approximate surface area is 61.0 Å². The molecule has 0 bridgehead atoms. The molecule has 0 radical (unpaired) electrons. The Bertz CT molecular complexity index is 119. The zero-order valence-corrected chi connectivity index (χ0v) is 6.58. The molecular weight excluding hydrogens is 131 g/mol. The lowest BCUT2D eigenvalue weighted by Crippen LogP contribution is -2.65. The lowest BCUT2D eigenvalue weighted by molar-refractivity contribution is -0.0141. The lowest BCUT2D eigenvalue weighted by Gasteiger charge is -2.48. The Morgan fingerprint density at radius 2 is 2.10 bits per heavy atom. The minimum Gasteiger partial charge on any atom is -0.330 e. The first-order valence-electron chi connectivity index (χ1n) is 3.61. The summed E-state index contributed by atoms with van der Waals surface area (Å²) >= 11 is 0. The molecule has 3 heteroatoms. The molecule has 0 aromatic carbocycles. The molecule has 0 spiro atoms. The average molecular weight is 146 g/mol. The molecule has 1 saturated heterocycles. The monoisotopic (exact) mass is 146 g/mol. The van der Waals surface area contributed by atoms with Crippen molar-refractivity contribution in [2.75, 3.05) is 19.6 Å². The average Bonchev–Trinajstić information content (AvgIpc) is 1.58. The Kier molecular flexibility index (Phi) is 1.73. The van der Waals surface area contributed by atoms with Gasteiger partial charge in [-0.15, -0.1) is 0 Å². The van der Waals surface area contributed by atoms with Gasteiger partial charge in [-0.05, 0) is 13.8 Å². The molecule has 1 heterocycles. The molecule has 10 heavy (non-hydrogen) atoms.